The highest BCUT2D eigenvalue weighted by molar-refractivity contribution is 4.86. The second-order valence-corrected chi connectivity index (χ2v) is 7.01. The Labute approximate surface area is 162 Å². The molecule has 0 saturated carbocycles. The summed E-state index contributed by atoms with van der Waals surface area (Å²) in [6.07, 6.45) is 11.4. The number of allylic oxidation sites excluding steroid dienone is 1. The van der Waals surface area contributed by atoms with Crippen LogP contribution in [0.3, 0.4) is 0 Å². The van der Waals surface area contributed by atoms with Crippen molar-refractivity contribution in [3.8, 4) is 0 Å². The molecule has 0 amide bonds. The lowest BCUT2D eigenvalue weighted by Gasteiger charge is -2.39. The molecule has 0 radical (unpaired) electrons. The second kappa shape index (κ2) is 16.6. The molecule has 0 rings (SSSR count). The fourth-order valence-electron chi connectivity index (χ4n) is 3.19. The average molecular weight is 373 g/mol. The van der Waals surface area contributed by atoms with E-state index >= 15 is 0 Å². The summed E-state index contributed by atoms with van der Waals surface area (Å²) in [5, 5.41) is 0. The van der Waals surface area contributed by atoms with Crippen LogP contribution in [-0.4, -0.2) is 32.4 Å². The highest BCUT2D eigenvalue weighted by atomic mass is 16.9. The van der Waals surface area contributed by atoms with Crippen molar-refractivity contribution < 1.29 is 18.9 Å². The maximum Gasteiger partial charge on any atom is 0.285 e. The molecule has 26 heavy (non-hydrogen) atoms. The Morgan fingerprint density at radius 2 is 1.31 bits per heavy atom. The maximum atomic E-state index is 6.03. The Kier molecular flexibility index (Phi) is 16.2. The average Bonchev–Trinajstić information content (AvgIpc) is 2.60. The van der Waals surface area contributed by atoms with Crippen molar-refractivity contribution in [2.24, 2.45) is 5.92 Å². The smallest absolute Gasteiger partial charge is 0.285 e. The van der Waals surface area contributed by atoms with Crippen LogP contribution in [0.25, 0.3) is 0 Å². The van der Waals surface area contributed by atoms with Crippen LogP contribution in [0.1, 0.15) is 92.9 Å². The summed E-state index contributed by atoms with van der Waals surface area (Å²) in [6, 6.07) is 0. The van der Waals surface area contributed by atoms with Gasteiger partial charge in [-0.3, -0.25) is 0 Å². The Hall–Kier alpha value is -0.580. The molecule has 0 aliphatic heterocycles. The van der Waals surface area contributed by atoms with Gasteiger partial charge in [0.2, 0.25) is 0 Å². The summed E-state index contributed by atoms with van der Waals surface area (Å²) in [5.74, 6) is -0.783. The molecule has 0 fully saturated rings. The summed E-state index contributed by atoms with van der Waals surface area (Å²) in [5.41, 5.74) is 1.17. The van der Waals surface area contributed by atoms with Crippen molar-refractivity contribution in [3.05, 3.63) is 11.8 Å². The van der Waals surface area contributed by atoms with E-state index < -0.39 is 5.97 Å². The largest absolute Gasteiger partial charge is 0.501 e. The van der Waals surface area contributed by atoms with Crippen LogP contribution < -0.4 is 0 Å². The van der Waals surface area contributed by atoms with Crippen LogP contribution in [0, 0.1) is 5.92 Å². The molecule has 0 N–H and O–H groups in total. The van der Waals surface area contributed by atoms with Gasteiger partial charge in [-0.2, -0.15) is 0 Å². The summed E-state index contributed by atoms with van der Waals surface area (Å²) < 4.78 is 23.8. The van der Waals surface area contributed by atoms with Crippen LogP contribution in [0.15, 0.2) is 11.8 Å². The van der Waals surface area contributed by atoms with Gasteiger partial charge < -0.3 is 18.9 Å². The number of ether oxygens (including phenoxy) is 4. The molecule has 0 saturated heterocycles. The zero-order valence-corrected chi connectivity index (χ0v) is 18.3. The van der Waals surface area contributed by atoms with E-state index in [0.29, 0.717) is 26.4 Å². The molecule has 0 aliphatic rings. The van der Waals surface area contributed by atoms with Crippen LogP contribution >= 0.6 is 0 Å². The van der Waals surface area contributed by atoms with Crippen molar-refractivity contribution >= 4 is 0 Å². The summed E-state index contributed by atoms with van der Waals surface area (Å²) in [6.45, 7) is 14.7. The van der Waals surface area contributed by atoms with E-state index in [4.69, 9.17) is 18.9 Å². The van der Waals surface area contributed by atoms with Gasteiger partial charge in [0, 0.05) is 25.7 Å². The number of unbranched alkanes of at least 4 members (excludes halogenated alkanes) is 5. The van der Waals surface area contributed by atoms with Gasteiger partial charge in [0.25, 0.3) is 5.97 Å². The van der Waals surface area contributed by atoms with Crippen molar-refractivity contribution in [2.45, 2.75) is 98.9 Å². The highest BCUT2D eigenvalue weighted by Crippen LogP contribution is 2.33. The zero-order valence-electron chi connectivity index (χ0n) is 18.3. The predicted octanol–water partition coefficient (Wildman–Crippen LogP) is 6.45. The number of rotatable bonds is 18. The molecule has 1 unspecified atom stereocenters. The van der Waals surface area contributed by atoms with E-state index in [2.05, 4.69) is 6.92 Å². The first kappa shape index (κ1) is 25.4. The monoisotopic (exact) mass is 372 g/mol. The molecular weight excluding hydrogens is 328 g/mol. The predicted molar refractivity (Wildman–Crippen MR) is 109 cm³/mol. The first-order chi connectivity index (χ1) is 12.6. The molecule has 4 nitrogen and oxygen atoms in total. The Morgan fingerprint density at radius 3 is 1.81 bits per heavy atom. The molecule has 0 aliphatic carbocycles. The third-order valence-electron chi connectivity index (χ3n) is 4.35. The SMILES string of the molecule is CCCCCCCCC(CCOC=C(C)C)C(OCC)(OCC)OCC. The van der Waals surface area contributed by atoms with Crippen LogP contribution in [0.2, 0.25) is 0 Å². The highest BCUT2D eigenvalue weighted by Gasteiger charge is 2.41. The molecule has 0 heterocycles. The van der Waals surface area contributed by atoms with E-state index in [9.17, 15) is 0 Å². The van der Waals surface area contributed by atoms with Crippen LogP contribution in [0.4, 0.5) is 0 Å². The molecule has 0 aromatic rings. The second-order valence-electron chi connectivity index (χ2n) is 7.01. The summed E-state index contributed by atoms with van der Waals surface area (Å²) >= 11 is 0. The molecular formula is C22H44O4. The Morgan fingerprint density at radius 1 is 0.769 bits per heavy atom. The molecule has 0 aromatic carbocycles. The fraction of sp³-hybridized carbons (Fsp3) is 0.909. The van der Waals surface area contributed by atoms with Gasteiger partial charge in [-0.15, -0.1) is 0 Å². The fourth-order valence-corrected chi connectivity index (χ4v) is 3.19. The van der Waals surface area contributed by atoms with E-state index in [-0.39, 0.29) is 5.92 Å². The third-order valence-corrected chi connectivity index (χ3v) is 4.35. The topological polar surface area (TPSA) is 36.9 Å². The summed E-state index contributed by atoms with van der Waals surface area (Å²) in [4.78, 5) is 0. The van der Waals surface area contributed by atoms with Gasteiger partial charge in [-0.1, -0.05) is 45.4 Å². The van der Waals surface area contributed by atoms with Gasteiger partial charge in [-0.25, -0.2) is 0 Å². The normalized spacial score (nSPS) is 12.8. The Balaban J connectivity index is 4.88. The van der Waals surface area contributed by atoms with E-state index in [0.717, 1.165) is 12.8 Å². The van der Waals surface area contributed by atoms with Crippen molar-refractivity contribution in [2.75, 3.05) is 26.4 Å². The number of hydrogen-bond acceptors (Lipinski definition) is 4. The lowest BCUT2D eigenvalue weighted by Crippen LogP contribution is -2.47. The lowest BCUT2D eigenvalue weighted by atomic mass is 9.94. The van der Waals surface area contributed by atoms with Crippen molar-refractivity contribution in [3.63, 3.8) is 0 Å². The van der Waals surface area contributed by atoms with Gasteiger partial charge in [0.15, 0.2) is 0 Å². The molecule has 0 aromatic heterocycles. The van der Waals surface area contributed by atoms with Crippen molar-refractivity contribution in [1.82, 2.24) is 0 Å². The van der Waals surface area contributed by atoms with Crippen molar-refractivity contribution in [1.29, 1.82) is 0 Å². The molecule has 156 valence electrons. The van der Waals surface area contributed by atoms with Crippen LogP contribution in [0.5, 0.6) is 0 Å². The standard InChI is InChI=1S/C22H44O4/c1-7-11-12-13-14-15-16-21(17-18-23-19-20(5)6)22(24-8-2,25-9-3)26-10-4/h19,21H,7-18H2,1-6H3. The zero-order chi connectivity index (χ0) is 19.7. The lowest BCUT2D eigenvalue weighted by molar-refractivity contribution is -0.403. The first-order valence-electron chi connectivity index (χ1n) is 10.7. The summed E-state index contributed by atoms with van der Waals surface area (Å²) in [7, 11) is 0. The van der Waals surface area contributed by atoms with Crippen LogP contribution in [-0.2, 0) is 18.9 Å². The van der Waals surface area contributed by atoms with E-state index in [1.165, 1.54) is 44.1 Å². The van der Waals surface area contributed by atoms with Gasteiger partial charge in [0.1, 0.15) is 0 Å². The molecule has 4 heteroatoms. The van der Waals surface area contributed by atoms with Gasteiger partial charge >= 0.3 is 0 Å². The van der Waals surface area contributed by atoms with E-state index in [1.807, 2.05) is 40.9 Å². The van der Waals surface area contributed by atoms with E-state index in [1.54, 1.807) is 0 Å². The maximum absolute atomic E-state index is 6.03. The van der Waals surface area contributed by atoms with Gasteiger partial charge in [0.05, 0.1) is 12.9 Å². The molecule has 0 spiro atoms. The Bertz CT molecular complexity index is 320. The minimum atomic E-state index is -0.948. The minimum Gasteiger partial charge on any atom is -0.501 e. The minimum absolute atomic E-state index is 0.166. The van der Waals surface area contributed by atoms with Gasteiger partial charge in [-0.05, 0) is 53.0 Å². The molecule has 0 bridgehead atoms. The third kappa shape index (κ3) is 11.2. The molecule has 1 atom stereocenters. The quantitative estimate of drug-likeness (QED) is 0.157. The first-order valence-corrected chi connectivity index (χ1v) is 10.7. The number of hydrogen-bond donors (Lipinski definition) is 0.